The predicted molar refractivity (Wildman–Crippen MR) is 115 cm³/mol. The van der Waals surface area contributed by atoms with Crippen molar-refractivity contribution < 1.29 is 33.0 Å². The van der Waals surface area contributed by atoms with Crippen molar-refractivity contribution in [2.45, 2.75) is 38.3 Å². The van der Waals surface area contributed by atoms with Gasteiger partial charge in [0, 0.05) is 30.9 Å². The van der Waals surface area contributed by atoms with Gasteiger partial charge in [0.25, 0.3) is 5.91 Å². The molecule has 2 fully saturated rings. The largest absolute Gasteiger partial charge is 0.489 e. The van der Waals surface area contributed by atoms with Gasteiger partial charge in [0.15, 0.2) is 11.5 Å². The quantitative estimate of drug-likeness (QED) is 0.584. The number of hydrogen-bond donors (Lipinski definition) is 2. The van der Waals surface area contributed by atoms with Crippen molar-refractivity contribution in [3.63, 3.8) is 0 Å². The van der Waals surface area contributed by atoms with E-state index in [4.69, 9.17) is 9.84 Å². The maximum Gasteiger partial charge on any atom is 0.387 e. The number of aromatic carboxylic acids is 1. The van der Waals surface area contributed by atoms with Crippen LogP contribution in [0.2, 0.25) is 0 Å². The van der Waals surface area contributed by atoms with Gasteiger partial charge in [-0.3, -0.25) is 4.79 Å². The van der Waals surface area contributed by atoms with Crippen LogP contribution >= 0.6 is 0 Å². The maximum atomic E-state index is 12.9. The van der Waals surface area contributed by atoms with Gasteiger partial charge in [-0.2, -0.15) is 8.78 Å². The van der Waals surface area contributed by atoms with Crippen LogP contribution in [0.5, 0.6) is 11.5 Å². The van der Waals surface area contributed by atoms with Crippen molar-refractivity contribution in [2.75, 3.05) is 25.0 Å². The van der Waals surface area contributed by atoms with Crippen LogP contribution in [0.25, 0.3) is 0 Å². The Labute approximate surface area is 189 Å². The normalized spacial score (nSPS) is 18.2. The summed E-state index contributed by atoms with van der Waals surface area (Å²) in [5, 5.41) is 12.5. The van der Waals surface area contributed by atoms with Gasteiger partial charge in [-0.05, 0) is 55.9 Å². The van der Waals surface area contributed by atoms with Crippen LogP contribution in [-0.4, -0.2) is 59.2 Å². The van der Waals surface area contributed by atoms with E-state index in [-0.39, 0.29) is 34.8 Å². The molecule has 1 atom stereocenters. The minimum atomic E-state index is -2.95. The Kier molecular flexibility index (Phi) is 6.90. The number of anilines is 1. The van der Waals surface area contributed by atoms with Gasteiger partial charge >= 0.3 is 12.6 Å². The highest BCUT2D eigenvalue weighted by Crippen LogP contribution is 2.35. The fraction of sp³-hybridized carbons (Fsp3) is 0.435. The number of nitrogens with one attached hydrogen (secondary N) is 1. The smallest absolute Gasteiger partial charge is 0.387 e. The van der Waals surface area contributed by atoms with Gasteiger partial charge in [-0.25, -0.2) is 9.78 Å². The van der Waals surface area contributed by atoms with E-state index in [1.807, 2.05) is 0 Å². The van der Waals surface area contributed by atoms with E-state index in [0.29, 0.717) is 31.3 Å². The molecule has 10 heteroatoms. The Morgan fingerprint density at radius 3 is 2.67 bits per heavy atom. The van der Waals surface area contributed by atoms with Crippen LogP contribution in [-0.2, 0) is 0 Å². The number of nitrogens with zero attached hydrogens (tertiary/aromatic N) is 2. The zero-order valence-electron chi connectivity index (χ0n) is 17.9. The Balaban J connectivity index is 1.43. The molecule has 1 aromatic heterocycles. The minimum absolute atomic E-state index is 0.0129. The van der Waals surface area contributed by atoms with Gasteiger partial charge in [-0.15, -0.1) is 0 Å². The first-order chi connectivity index (χ1) is 15.9. The number of ether oxygens (including phenoxy) is 2. The van der Waals surface area contributed by atoms with Crippen molar-refractivity contribution in [3.8, 4) is 11.5 Å². The van der Waals surface area contributed by atoms with E-state index >= 15 is 0 Å². The number of carboxylic acid groups (broad SMARTS) is 1. The van der Waals surface area contributed by atoms with Crippen LogP contribution < -0.4 is 14.8 Å². The van der Waals surface area contributed by atoms with Crippen LogP contribution in [0, 0.1) is 5.92 Å². The number of likely N-dealkylation sites (tertiary alicyclic amines) is 1. The highest BCUT2D eigenvalue weighted by molar-refractivity contribution is 5.94. The fourth-order valence-electron chi connectivity index (χ4n) is 3.75. The van der Waals surface area contributed by atoms with Crippen molar-refractivity contribution in [3.05, 3.63) is 47.8 Å². The molecule has 2 aromatic rings. The lowest BCUT2D eigenvalue weighted by Gasteiger charge is -2.33. The molecule has 1 amide bonds. The average Bonchev–Trinajstić information content (AvgIpc) is 3.63. The zero-order chi connectivity index (χ0) is 23.4. The summed E-state index contributed by atoms with van der Waals surface area (Å²) in [5.74, 6) is -0.834. The second-order valence-corrected chi connectivity index (χ2v) is 8.24. The molecule has 2 heterocycles. The third-order valence-corrected chi connectivity index (χ3v) is 5.60. The van der Waals surface area contributed by atoms with E-state index in [1.165, 1.54) is 24.3 Å². The topological polar surface area (TPSA) is 101 Å². The molecular formula is C23H25F2N3O5. The molecule has 2 N–H and O–H groups in total. The van der Waals surface area contributed by atoms with Gasteiger partial charge < -0.3 is 24.8 Å². The number of carboxylic acids is 1. The van der Waals surface area contributed by atoms with Crippen LogP contribution in [0.3, 0.4) is 0 Å². The number of alkyl halides is 2. The van der Waals surface area contributed by atoms with Crippen molar-refractivity contribution in [1.82, 2.24) is 9.88 Å². The lowest BCUT2D eigenvalue weighted by atomic mass is 10.0. The summed E-state index contributed by atoms with van der Waals surface area (Å²) in [7, 11) is 0. The number of pyridine rings is 1. The number of halogens is 2. The molecule has 1 aliphatic carbocycles. The number of carbonyl (C=O) groups excluding carboxylic acids is 1. The Hall–Kier alpha value is -3.43. The first-order valence-corrected chi connectivity index (χ1v) is 10.9. The van der Waals surface area contributed by atoms with Crippen molar-refractivity contribution >= 4 is 17.6 Å². The number of amides is 1. The molecule has 0 unspecified atom stereocenters. The lowest BCUT2D eigenvalue weighted by molar-refractivity contribution is -0.0515. The first kappa shape index (κ1) is 22.8. The van der Waals surface area contributed by atoms with Gasteiger partial charge in [-0.1, -0.05) is 6.07 Å². The number of hydrogen-bond acceptors (Lipinski definition) is 6. The van der Waals surface area contributed by atoms with Crippen molar-refractivity contribution in [1.29, 1.82) is 0 Å². The van der Waals surface area contributed by atoms with Crippen molar-refractivity contribution in [2.24, 2.45) is 5.92 Å². The molecular weight excluding hydrogens is 436 g/mol. The lowest BCUT2D eigenvalue weighted by Crippen LogP contribution is -2.45. The van der Waals surface area contributed by atoms with E-state index in [0.717, 1.165) is 25.7 Å². The number of piperidine rings is 1. The molecule has 1 aliphatic heterocycles. The number of rotatable bonds is 9. The number of benzene rings is 1. The van der Waals surface area contributed by atoms with Gasteiger partial charge in [0.1, 0.15) is 11.4 Å². The summed E-state index contributed by atoms with van der Waals surface area (Å²) in [4.78, 5) is 29.6. The van der Waals surface area contributed by atoms with Gasteiger partial charge in [0.2, 0.25) is 0 Å². The fourth-order valence-corrected chi connectivity index (χ4v) is 3.75. The van der Waals surface area contributed by atoms with E-state index < -0.39 is 12.6 Å². The molecule has 0 spiro atoms. The molecule has 1 saturated carbocycles. The van der Waals surface area contributed by atoms with E-state index in [9.17, 15) is 18.4 Å². The molecule has 33 heavy (non-hydrogen) atoms. The first-order valence-electron chi connectivity index (χ1n) is 10.9. The molecule has 1 aromatic carbocycles. The average molecular weight is 461 g/mol. The summed E-state index contributed by atoms with van der Waals surface area (Å²) < 4.78 is 35.8. The standard InChI is InChI=1S/C23H25F2N3O5/c24-23(25)33-19-9-8-15(11-20(19)32-13-14-6-7-14)26-16-3-2-10-28(12-16)21(29)17-4-1-5-18(27-17)22(30)31/h1,4-5,8-9,11,14,16,23,26H,2-3,6-7,10,12-13H2,(H,30,31)/t16-/m0/s1. The van der Waals surface area contributed by atoms with E-state index in [2.05, 4.69) is 15.0 Å². The Morgan fingerprint density at radius 1 is 1.15 bits per heavy atom. The third kappa shape index (κ3) is 6.09. The maximum absolute atomic E-state index is 12.9. The summed E-state index contributed by atoms with van der Waals surface area (Å²) in [6.45, 7) is -1.56. The minimum Gasteiger partial charge on any atom is -0.489 e. The summed E-state index contributed by atoms with van der Waals surface area (Å²) >= 11 is 0. The monoisotopic (exact) mass is 461 g/mol. The second kappa shape index (κ2) is 10.0. The molecule has 1 saturated heterocycles. The molecule has 176 valence electrons. The van der Waals surface area contributed by atoms with Crippen LogP contribution in [0.1, 0.15) is 46.7 Å². The Bertz CT molecular complexity index is 1020. The summed E-state index contributed by atoms with van der Waals surface area (Å²) in [5.41, 5.74) is 0.574. The number of carbonyl (C=O) groups is 2. The second-order valence-electron chi connectivity index (χ2n) is 8.24. The molecule has 2 aliphatic rings. The zero-order valence-corrected chi connectivity index (χ0v) is 17.9. The molecule has 4 rings (SSSR count). The van der Waals surface area contributed by atoms with Gasteiger partial charge in [0.05, 0.1) is 6.61 Å². The molecule has 8 nitrogen and oxygen atoms in total. The highest BCUT2D eigenvalue weighted by Gasteiger charge is 2.27. The molecule has 0 radical (unpaired) electrons. The highest BCUT2D eigenvalue weighted by atomic mass is 19.3. The SMILES string of the molecule is O=C(O)c1cccc(C(=O)N2CCC[C@H](Nc3ccc(OC(F)F)c(OCC4CC4)c3)C2)n1. The van der Waals surface area contributed by atoms with Crippen LogP contribution in [0.15, 0.2) is 36.4 Å². The summed E-state index contributed by atoms with van der Waals surface area (Å²) in [6, 6.07) is 8.97. The van der Waals surface area contributed by atoms with E-state index in [1.54, 1.807) is 17.0 Å². The Morgan fingerprint density at radius 2 is 1.94 bits per heavy atom. The van der Waals surface area contributed by atoms with Crippen LogP contribution in [0.4, 0.5) is 14.5 Å². The third-order valence-electron chi connectivity index (χ3n) is 5.60. The predicted octanol–water partition coefficient (Wildman–Crippen LogP) is 3.89. The summed E-state index contributed by atoms with van der Waals surface area (Å²) in [6.07, 6.45) is 3.69. The number of aromatic nitrogens is 1. The molecule has 0 bridgehead atoms.